The first-order valence-electron chi connectivity index (χ1n) is 30.2. The predicted molar refractivity (Wildman–Crippen MR) is 320 cm³/mol. The van der Waals surface area contributed by atoms with Crippen LogP contribution in [0.1, 0.15) is 258 Å². The maximum Gasteiger partial charge on any atom is 0.306 e. The Balaban J connectivity index is 4.30. The van der Waals surface area contributed by atoms with Crippen molar-refractivity contribution in [2.24, 2.45) is 0 Å². The number of allylic oxidation sites excluding steroid dienone is 22. The maximum absolute atomic E-state index is 12.8. The summed E-state index contributed by atoms with van der Waals surface area (Å²) in [5.74, 6) is -0.957. The minimum Gasteiger partial charge on any atom is -0.462 e. The zero-order chi connectivity index (χ0) is 53.6. The van der Waals surface area contributed by atoms with Crippen molar-refractivity contribution < 1.29 is 28.6 Å². The van der Waals surface area contributed by atoms with Crippen LogP contribution in [0.2, 0.25) is 0 Å². The highest BCUT2D eigenvalue weighted by atomic mass is 16.6. The maximum atomic E-state index is 12.8. The molecule has 0 aromatic heterocycles. The summed E-state index contributed by atoms with van der Waals surface area (Å²) < 4.78 is 16.8. The van der Waals surface area contributed by atoms with Crippen molar-refractivity contribution in [1.29, 1.82) is 0 Å². The van der Waals surface area contributed by atoms with Gasteiger partial charge in [-0.1, -0.05) is 251 Å². The van der Waals surface area contributed by atoms with Gasteiger partial charge in [0.2, 0.25) is 0 Å². The standard InChI is InChI=1S/C68H110O6/c1-4-7-10-13-16-19-21-23-25-26-27-28-29-30-31-32-33-34-35-36-37-38-39-40-41-42-43-45-46-49-52-55-58-61-67(70)73-64-65(63-72-66(69)60-57-54-51-48-18-15-12-9-6-3)74-68(71)62-59-56-53-50-47-44-24-22-20-17-14-11-8-5-2/h7,10,16,19,22-25,27-28,30-31,33-34,36-37,39-40,42-43,46,49,65H,4-6,8-9,11-15,17-18,20-21,26,29,32,35,38,41,44-45,47-48,50-64H2,1-3H3/b10-7-,19-16-,24-22-,25-23-,28-27-,31-30-,34-33-,37-36-,40-39-,43-42-,49-46-. The molecule has 0 saturated heterocycles. The van der Waals surface area contributed by atoms with E-state index < -0.39 is 6.10 Å². The van der Waals surface area contributed by atoms with Gasteiger partial charge in [-0.05, 0) is 122 Å². The molecule has 0 spiro atoms. The van der Waals surface area contributed by atoms with E-state index in [1.165, 1.54) is 83.5 Å². The van der Waals surface area contributed by atoms with E-state index in [1.807, 2.05) is 0 Å². The Hall–Kier alpha value is -4.45. The zero-order valence-corrected chi connectivity index (χ0v) is 47.8. The lowest BCUT2D eigenvalue weighted by molar-refractivity contribution is -0.167. The van der Waals surface area contributed by atoms with E-state index in [4.69, 9.17) is 14.2 Å². The van der Waals surface area contributed by atoms with Crippen LogP contribution in [0.3, 0.4) is 0 Å². The molecule has 0 fully saturated rings. The summed E-state index contributed by atoms with van der Waals surface area (Å²) in [5, 5.41) is 0. The molecule has 74 heavy (non-hydrogen) atoms. The summed E-state index contributed by atoms with van der Waals surface area (Å²) in [6.45, 7) is 6.44. The first kappa shape index (κ1) is 69.5. The summed E-state index contributed by atoms with van der Waals surface area (Å²) in [5.41, 5.74) is 0. The first-order chi connectivity index (χ1) is 36.5. The Morgan fingerprint density at radius 3 is 0.865 bits per heavy atom. The molecule has 0 aromatic rings. The number of ether oxygens (including phenoxy) is 3. The molecule has 0 aromatic carbocycles. The smallest absolute Gasteiger partial charge is 0.306 e. The minimum absolute atomic E-state index is 0.0965. The highest BCUT2D eigenvalue weighted by Gasteiger charge is 2.19. The van der Waals surface area contributed by atoms with Gasteiger partial charge in [-0.25, -0.2) is 0 Å². The molecule has 0 rings (SSSR count). The van der Waals surface area contributed by atoms with Gasteiger partial charge >= 0.3 is 17.9 Å². The zero-order valence-electron chi connectivity index (χ0n) is 47.8. The quantitative estimate of drug-likeness (QED) is 0.0261. The molecular weight excluding hydrogens is 913 g/mol. The molecule has 1 unspecified atom stereocenters. The van der Waals surface area contributed by atoms with Crippen molar-refractivity contribution in [3.63, 3.8) is 0 Å². The fraction of sp³-hybridized carbons (Fsp3) is 0.632. The first-order valence-corrected chi connectivity index (χ1v) is 30.2. The van der Waals surface area contributed by atoms with Crippen molar-refractivity contribution in [3.8, 4) is 0 Å². The summed E-state index contributed by atoms with van der Waals surface area (Å²) >= 11 is 0. The Bertz CT molecular complexity index is 1600. The van der Waals surface area contributed by atoms with Crippen LogP contribution in [0.5, 0.6) is 0 Å². The highest BCUT2D eigenvalue weighted by molar-refractivity contribution is 5.71. The molecule has 0 bridgehead atoms. The van der Waals surface area contributed by atoms with Gasteiger partial charge in [0.1, 0.15) is 13.2 Å². The van der Waals surface area contributed by atoms with Gasteiger partial charge in [0.15, 0.2) is 6.10 Å². The summed E-state index contributed by atoms with van der Waals surface area (Å²) in [7, 11) is 0. The van der Waals surface area contributed by atoms with Gasteiger partial charge in [-0.15, -0.1) is 0 Å². The third-order valence-electron chi connectivity index (χ3n) is 12.4. The van der Waals surface area contributed by atoms with Crippen molar-refractivity contribution in [2.45, 2.75) is 264 Å². The van der Waals surface area contributed by atoms with E-state index in [9.17, 15) is 14.4 Å². The molecule has 6 nitrogen and oxygen atoms in total. The second-order valence-electron chi connectivity index (χ2n) is 19.5. The van der Waals surface area contributed by atoms with Gasteiger partial charge in [0, 0.05) is 19.3 Å². The molecule has 0 aliphatic rings. The molecule has 1 atom stereocenters. The number of carbonyl (C=O) groups is 3. The average molecular weight is 1020 g/mol. The molecule has 6 heteroatoms. The highest BCUT2D eigenvalue weighted by Crippen LogP contribution is 2.14. The van der Waals surface area contributed by atoms with Crippen LogP contribution in [0.15, 0.2) is 134 Å². The topological polar surface area (TPSA) is 78.9 Å². The number of esters is 3. The van der Waals surface area contributed by atoms with E-state index in [2.05, 4.69) is 154 Å². The third-order valence-corrected chi connectivity index (χ3v) is 12.4. The average Bonchev–Trinajstić information content (AvgIpc) is 3.40. The van der Waals surface area contributed by atoms with Gasteiger partial charge < -0.3 is 14.2 Å². The molecule has 418 valence electrons. The lowest BCUT2D eigenvalue weighted by atomic mass is 10.1. The fourth-order valence-corrected chi connectivity index (χ4v) is 7.88. The number of hydrogen-bond acceptors (Lipinski definition) is 6. The minimum atomic E-state index is -0.801. The van der Waals surface area contributed by atoms with Crippen molar-refractivity contribution in [3.05, 3.63) is 134 Å². The molecule has 0 amide bonds. The summed E-state index contributed by atoms with van der Waals surface area (Å²) in [6, 6.07) is 0. The Morgan fingerprint density at radius 2 is 0.527 bits per heavy atom. The second kappa shape index (κ2) is 61.1. The second-order valence-corrected chi connectivity index (χ2v) is 19.5. The Kier molecular flexibility index (Phi) is 57.4. The van der Waals surface area contributed by atoms with E-state index in [0.717, 1.165) is 128 Å². The SMILES string of the molecule is CC/C=C\C/C=C\C/C=C\C/C=C\C/C=C\C/C=C\C/C=C\C/C=C\C/C=C\C/C=C\CCCCC(=O)OCC(COC(=O)CCCCCCCCCCC)OC(=O)CCCCCCC/C=C\CCCCCCC. The molecule has 0 heterocycles. The molecule has 0 N–H and O–H groups in total. The molecule has 0 aliphatic carbocycles. The van der Waals surface area contributed by atoms with Crippen LogP contribution in [-0.4, -0.2) is 37.2 Å². The predicted octanol–water partition coefficient (Wildman–Crippen LogP) is 20.6. The fourth-order valence-electron chi connectivity index (χ4n) is 7.88. The summed E-state index contributed by atoms with van der Waals surface area (Å²) in [4.78, 5) is 38.0. The Morgan fingerprint density at radius 1 is 0.284 bits per heavy atom. The van der Waals surface area contributed by atoms with Crippen LogP contribution >= 0.6 is 0 Å². The van der Waals surface area contributed by atoms with Gasteiger partial charge in [0.05, 0.1) is 0 Å². The molecule has 0 radical (unpaired) electrons. The Labute approximate surface area is 455 Å². The number of hydrogen-bond donors (Lipinski definition) is 0. The van der Waals surface area contributed by atoms with E-state index in [-0.39, 0.29) is 31.1 Å². The molecule has 0 saturated carbocycles. The van der Waals surface area contributed by atoms with Crippen LogP contribution in [0.25, 0.3) is 0 Å². The summed E-state index contributed by atoms with van der Waals surface area (Å²) in [6.07, 6.45) is 86.1. The molecule has 0 aliphatic heterocycles. The number of carbonyl (C=O) groups excluding carboxylic acids is 3. The third kappa shape index (κ3) is 58.4. The van der Waals surface area contributed by atoms with E-state index in [0.29, 0.717) is 25.7 Å². The van der Waals surface area contributed by atoms with Crippen molar-refractivity contribution >= 4 is 17.9 Å². The van der Waals surface area contributed by atoms with Crippen LogP contribution in [0.4, 0.5) is 0 Å². The van der Waals surface area contributed by atoms with E-state index in [1.54, 1.807) is 0 Å². The monoisotopic (exact) mass is 1020 g/mol. The molecular formula is C68H110O6. The normalized spacial score (nSPS) is 13.1. The van der Waals surface area contributed by atoms with Gasteiger partial charge in [-0.3, -0.25) is 14.4 Å². The van der Waals surface area contributed by atoms with Crippen molar-refractivity contribution in [2.75, 3.05) is 13.2 Å². The number of unbranched alkanes of at least 4 members (excludes halogenated alkanes) is 20. The van der Waals surface area contributed by atoms with Gasteiger partial charge in [-0.2, -0.15) is 0 Å². The van der Waals surface area contributed by atoms with Crippen LogP contribution in [0, 0.1) is 0 Å². The van der Waals surface area contributed by atoms with Crippen LogP contribution < -0.4 is 0 Å². The lowest BCUT2D eigenvalue weighted by Crippen LogP contribution is -2.30. The van der Waals surface area contributed by atoms with Gasteiger partial charge in [0.25, 0.3) is 0 Å². The number of rotatable bonds is 53. The largest absolute Gasteiger partial charge is 0.462 e. The van der Waals surface area contributed by atoms with Crippen LogP contribution in [-0.2, 0) is 28.6 Å². The lowest BCUT2D eigenvalue weighted by Gasteiger charge is -2.18. The van der Waals surface area contributed by atoms with E-state index >= 15 is 0 Å². The van der Waals surface area contributed by atoms with Crippen molar-refractivity contribution in [1.82, 2.24) is 0 Å².